The van der Waals surface area contributed by atoms with Crippen molar-refractivity contribution in [2.75, 3.05) is 13.1 Å². The van der Waals surface area contributed by atoms with E-state index in [0.717, 1.165) is 0 Å². The highest BCUT2D eigenvalue weighted by Gasteiger charge is 2.69. The van der Waals surface area contributed by atoms with Crippen molar-refractivity contribution in [1.82, 2.24) is 20.9 Å². The van der Waals surface area contributed by atoms with Crippen LogP contribution in [0.25, 0.3) is 0 Å². The van der Waals surface area contributed by atoms with Gasteiger partial charge in [0.2, 0.25) is 17.7 Å². The first kappa shape index (κ1) is 27.7. The lowest BCUT2D eigenvalue weighted by Gasteiger charge is -2.35. The van der Waals surface area contributed by atoms with E-state index < -0.39 is 53.4 Å². The zero-order valence-corrected chi connectivity index (χ0v) is 21.2. The molecule has 0 aromatic heterocycles. The maximum absolute atomic E-state index is 13.5. The molecule has 1 saturated carbocycles. The second-order valence-electron chi connectivity index (χ2n) is 11.9. The normalized spacial score (nSPS) is 28.4. The lowest BCUT2D eigenvalue weighted by Crippen LogP contribution is -2.58. The number of hydrogen-bond donors (Lipinski definition) is 3. The Morgan fingerprint density at radius 1 is 1.22 bits per heavy atom. The molecule has 3 fully saturated rings. The van der Waals surface area contributed by atoms with Crippen LogP contribution in [-0.2, 0) is 19.2 Å². The van der Waals surface area contributed by atoms with Crippen LogP contribution in [0.2, 0.25) is 0 Å². The number of piperidine rings is 1. The predicted molar refractivity (Wildman–Crippen MR) is 122 cm³/mol. The van der Waals surface area contributed by atoms with Crippen molar-refractivity contribution in [3.05, 3.63) is 0 Å². The van der Waals surface area contributed by atoms with E-state index in [2.05, 4.69) is 10.6 Å². The Kier molecular flexibility index (Phi) is 7.37. The molecule has 0 aromatic carbocycles. The Bertz CT molecular complexity index is 968. The number of nitrogens with zero attached hydrogens (tertiary/aromatic N) is 2. The number of nitriles is 1. The molecule has 0 spiro atoms. The Hall–Kier alpha value is -2.84. The number of amides is 4. The lowest BCUT2D eigenvalue weighted by atomic mass is 9.87. The molecule has 4 amide bonds. The SMILES string of the molecule is CC(C)(C)C[C@H](NC(=O)C(F)(F)F)C(=O)N1CC2C(C1C(=O)N[C@H](C#N)C[C@@H]1CCNC1=O)C2(C)C. The van der Waals surface area contributed by atoms with Crippen molar-refractivity contribution in [1.29, 1.82) is 5.26 Å². The lowest BCUT2D eigenvalue weighted by molar-refractivity contribution is -0.175. The summed E-state index contributed by atoms with van der Waals surface area (Å²) in [6.07, 6.45) is -4.55. The first-order chi connectivity index (χ1) is 16.5. The summed E-state index contributed by atoms with van der Waals surface area (Å²) >= 11 is 0. The fraction of sp³-hybridized carbons (Fsp3) is 0.792. The second-order valence-corrected chi connectivity index (χ2v) is 11.9. The summed E-state index contributed by atoms with van der Waals surface area (Å²) in [4.78, 5) is 51.7. The van der Waals surface area contributed by atoms with Crippen LogP contribution in [-0.4, -0.2) is 65.9 Å². The average molecular weight is 514 g/mol. The Balaban J connectivity index is 1.80. The van der Waals surface area contributed by atoms with Crippen LogP contribution in [0, 0.1) is 39.9 Å². The average Bonchev–Trinajstić information content (AvgIpc) is 3.09. The minimum atomic E-state index is -5.16. The van der Waals surface area contributed by atoms with Crippen LogP contribution in [0.1, 0.15) is 53.9 Å². The van der Waals surface area contributed by atoms with E-state index in [1.54, 1.807) is 20.8 Å². The van der Waals surface area contributed by atoms with Gasteiger partial charge in [0.1, 0.15) is 18.1 Å². The van der Waals surface area contributed by atoms with Crippen molar-refractivity contribution in [3.8, 4) is 6.07 Å². The van der Waals surface area contributed by atoms with Crippen LogP contribution in [0.15, 0.2) is 0 Å². The number of halogens is 3. The molecule has 2 saturated heterocycles. The molecule has 1 aliphatic carbocycles. The fourth-order valence-electron chi connectivity index (χ4n) is 5.62. The van der Waals surface area contributed by atoms with Crippen molar-refractivity contribution in [3.63, 3.8) is 0 Å². The maximum Gasteiger partial charge on any atom is 0.471 e. The van der Waals surface area contributed by atoms with Gasteiger partial charge in [0.05, 0.1) is 6.07 Å². The van der Waals surface area contributed by atoms with Gasteiger partial charge in [0.25, 0.3) is 0 Å². The second kappa shape index (κ2) is 9.56. The van der Waals surface area contributed by atoms with Gasteiger partial charge >= 0.3 is 12.1 Å². The molecular formula is C24H34F3N5O4. The van der Waals surface area contributed by atoms with E-state index in [1.807, 2.05) is 25.2 Å². The summed E-state index contributed by atoms with van der Waals surface area (Å²) in [6, 6.07) is -1.42. The van der Waals surface area contributed by atoms with Crippen molar-refractivity contribution < 1.29 is 32.3 Å². The molecule has 0 aromatic rings. The van der Waals surface area contributed by atoms with Gasteiger partial charge in [-0.25, -0.2) is 0 Å². The van der Waals surface area contributed by atoms with Crippen molar-refractivity contribution >= 4 is 23.6 Å². The molecule has 3 N–H and O–H groups in total. The molecule has 36 heavy (non-hydrogen) atoms. The topological polar surface area (TPSA) is 131 Å². The van der Waals surface area contributed by atoms with Gasteiger partial charge in [-0.2, -0.15) is 18.4 Å². The summed E-state index contributed by atoms with van der Waals surface area (Å²) in [6.45, 7) is 9.77. The molecule has 6 atom stereocenters. The van der Waals surface area contributed by atoms with Gasteiger partial charge < -0.3 is 20.9 Å². The fourth-order valence-corrected chi connectivity index (χ4v) is 5.62. The van der Waals surface area contributed by atoms with Gasteiger partial charge in [0, 0.05) is 19.0 Å². The number of alkyl halides is 3. The quantitative estimate of drug-likeness (QED) is 0.475. The summed E-state index contributed by atoms with van der Waals surface area (Å²) < 4.78 is 38.9. The highest BCUT2D eigenvalue weighted by atomic mass is 19.4. The van der Waals surface area contributed by atoms with Gasteiger partial charge in [-0.05, 0) is 41.9 Å². The highest BCUT2D eigenvalue weighted by molar-refractivity contribution is 5.94. The molecule has 2 heterocycles. The monoisotopic (exact) mass is 513 g/mol. The van der Waals surface area contributed by atoms with Crippen molar-refractivity contribution in [2.45, 2.75) is 78.2 Å². The molecule has 200 valence electrons. The number of fused-ring (bicyclic) bond motifs is 1. The Morgan fingerprint density at radius 2 is 1.86 bits per heavy atom. The minimum absolute atomic E-state index is 0.0352. The molecular weight excluding hydrogens is 479 g/mol. The predicted octanol–water partition coefficient (Wildman–Crippen LogP) is 1.49. The number of carbonyl (C=O) groups excluding carboxylic acids is 4. The number of likely N-dealkylation sites (tertiary alicyclic amines) is 1. The molecule has 3 unspecified atom stereocenters. The number of hydrogen-bond acceptors (Lipinski definition) is 5. The van der Waals surface area contributed by atoms with Crippen LogP contribution >= 0.6 is 0 Å². The van der Waals surface area contributed by atoms with E-state index in [9.17, 15) is 37.6 Å². The molecule has 0 bridgehead atoms. The summed E-state index contributed by atoms with van der Waals surface area (Å²) in [5.74, 6) is -4.41. The smallest absolute Gasteiger partial charge is 0.356 e. The number of rotatable bonds is 7. The largest absolute Gasteiger partial charge is 0.471 e. The van der Waals surface area contributed by atoms with Crippen LogP contribution in [0.5, 0.6) is 0 Å². The number of carbonyl (C=O) groups is 4. The van der Waals surface area contributed by atoms with E-state index in [4.69, 9.17) is 0 Å². The maximum atomic E-state index is 13.5. The number of nitrogens with one attached hydrogen (secondary N) is 3. The van der Waals surface area contributed by atoms with Crippen LogP contribution < -0.4 is 16.0 Å². The molecule has 3 aliphatic rings. The van der Waals surface area contributed by atoms with Gasteiger partial charge in [-0.15, -0.1) is 0 Å². The first-order valence-electron chi connectivity index (χ1n) is 12.1. The minimum Gasteiger partial charge on any atom is -0.356 e. The summed E-state index contributed by atoms with van der Waals surface area (Å²) in [7, 11) is 0. The molecule has 9 nitrogen and oxygen atoms in total. The third kappa shape index (κ3) is 5.76. The molecule has 2 aliphatic heterocycles. The van der Waals surface area contributed by atoms with Crippen molar-refractivity contribution in [2.24, 2.45) is 28.6 Å². The zero-order valence-electron chi connectivity index (χ0n) is 21.2. The zero-order chi connectivity index (χ0) is 27.2. The first-order valence-corrected chi connectivity index (χ1v) is 12.1. The van der Waals surface area contributed by atoms with E-state index in [0.29, 0.717) is 13.0 Å². The van der Waals surface area contributed by atoms with E-state index in [-0.39, 0.29) is 42.5 Å². The molecule has 0 radical (unpaired) electrons. The van der Waals surface area contributed by atoms with Crippen LogP contribution in [0.3, 0.4) is 0 Å². The third-order valence-electron chi connectivity index (χ3n) is 7.59. The summed E-state index contributed by atoms with van der Waals surface area (Å²) in [5.41, 5.74) is -0.854. The van der Waals surface area contributed by atoms with Gasteiger partial charge in [-0.1, -0.05) is 34.6 Å². The molecule has 3 rings (SSSR count). The van der Waals surface area contributed by atoms with Gasteiger partial charge in [-0.3, -0.25) is 19.2 Å². The van der Waals surface area contributed by atoms with Gasteiger partial charge in [0.15, 0.2) is 0 Å². The third-order valence-corrected chi connectivity index (χ3v) is 7.59. The van der Waals surface area contributed by atoms with E-state index in [1.165, 1.54) is 4.90 Å². The van der Waals surface area contributed by atoms with Crippen LogP contribution in [0.4, 0.5) is 13.2 Å². The highest BCUT2D eigenvalue weighted by Crippen LogP contribution is 2.65. The Labute approximate surface area is 208 Å². The summed E-state index contributed by atoms with van der Waals surface area (Å²) in [5, 5.41) is 16.7. The van der Waals surface area contributed by atoms with E-state index >= 15 is 0 Å². The standard InChI is InChI=1S/C24H34F3N5O4/c1-22(2,3)9-15(31-21(36)24(25,26)27)20(35)32-11-14-16(23(14,4)5)17(32)19(34)30-13(10-28)8-12-6-7-29-18(12)33/h12-17H,6-9,11H2,1-5H3,(H,29,33)(H,30,34)(H,31,36)/t12-,13-,14?,15-,16?,17?/m0/s1. The Morgan fingerprint density at radius 3 is 2.36 bits per heavy atom. The molecule has 12 heteroatoms.